The summed E-state index contributed by atoms with van der Waals surface area (Å²) in [5.41, 5.74) is 3.20. The molecule has 5 rings (SSSR count). The molecule has 2 N–H and O–H groups in total. The van der Waals surface area contributed by atoms with E-state index in [2.05, 4.69) is 25.2 Å². The molecule has 0 spiro atoms. The normalized spacial score (nSPS) is 16.5. The van der Waals surface area contributed by atoms with E-state index in [4.69, 9.17) is 0 Å². The smallest absolute Gasteiger partial charge is 0.261 e. The van der Waals surface area contributed by atoms with E-state index in [1.807, 2.05) is 54.5 Å². The van der Waals surface area contributed by atoms with Crippen molar-refractivity contribution in [3.05, 3.63) is 54.4 Å². The molecule has 9 heteroatoms. The zero-order valence-corrected chi connectivity index (χ0v) is 18.1. The molecule has 2 aliphatic rings. The van der Waals surface area contributed by atoms with Crippen molar-refractivity contribution in [3.63, 3.8) is 0 Å². The van der Waals surface area contributed by atoms with Crippen molar-refractivity contribution >= 4 is 40.6 Å². The first-order valence-electron chi connectivity index (χ1n) is 10.6. The maximum Gasteiger partial charge on any atom is 0.261 e. The highest BCUT2D eigenvalue weighted by atomic mass is 16.3. The van der Waals surface area contributed by atoms with Crippen molar-refractivity contribution < 1.29 is 9.90 Å². The number of carbonyl (C=O) groups excluding carboxylic acids is 1. The largest absolute Gasteiger partial charge is 0.393 e. The van der Waals surface area contributed by atoms with Gasteiger partial charge >= 0.3 is 0 Å². The number of aliphatic hydroxyl groups excluding tert-OH is 1. The number of hydrogen-bond acceptors (Lipinski definition) is 8. The van der Waals surface area contributed by atoms with Gasteiger partial charge < -0.3 is 20.2 Å². The molecule has 32 heavy (non-hydrogen) atoms. The standard InChI is InChI=1S/C23H25N7O2/c1-28-18-6-4-3-5-17(18)22(32)29(2)21-19(28)14-25-23(27-21)26-20-8-7-15(13-24-20)30-11-9-16(31)10-12-30/h3-8,13-14,16,31H,9-12H2,1-2H3,(H,24,25,26,27). The predicted octanol–water partition coefficient (Wildman–Crippen LogP) is 2.93. The van der Waals surface area contributed by atoms with Crippen molar-refractivity contribution in [1.82, 2.24) is 15.0 Å². The number of pyridine rings is 1. The van der Waals surface area contributed by atoms with Crippen molar-refractivity contribution in [1.29, 1.82) is 0 Å². The molecular formula is C23H25N7O2. The number of amides is 1. The molecule has 0 atom stereocenters. The molecule has 0 radical (unpaired) electrons. The van der Waals surface area contributed by atoms with Crippen molar-refractivity contribution in [3.8, 4) is 0 Å². The third kappa shape index (κ3) is 3.60. The number of nitrogens with zero attached hydrogens (tertiary/aromatic N) is 6. The van der Waals surface area contributed by atoms with Crippen LogP contribution in [0.2, 0.25) is 0 Å². The second kappa shape index (κ2) is 8.08. The van der Waals surface area contributed by atoms with Crippen LogP contribution in [0.1, 0.15) is 23.2 Å². The number of fused-ring (bicyclic) bond motifs is 2. The number of nitrogens with one attached hydrogen (secondary N) is 1. The summed E-state index contributed by atoms with van der Waals surface area (Å²) in [5.74, 6) is 1.38. The zero-order chi connectivity index (χ0) is 22.2. The Hall–Kier alpha value is -3.72. The summed E-state index contributed by atoms with van der Waals surface area (Å²) in [6.45, 7) is 1.64. The highest BCUT2D eigenvalue weighted by Gasteiger charge is 2.28. The number of carbonyl (C=O) groups is 1. The van der Waals surface area contributed by atoms with Crippen LogP contribution in [0.15, 0.2) is 48.8 Å². The Morgan fingerprint density at radius 2 is 1.75 bits per heavy atom. The lowest BCUT2D eigenvalue weighted by Gasteiger charge is -2.31. The SMILES string of the molecule is CN1C(=O)c2ccccc2N(C)c2cnc(Nc3ccc(N4CCC(O)CC4)cn3)nc21. The van der Waals surface area contributed by atoms with E-state index in [-0.39, 0.29) is 12.0 Å². The fraction of sp³-hybridized carbons (Fsp3) is 0.304. The minimum absolute atomic E-state index is 0.120. The molecule has 0 bridgehead atoms. The molecule has 9 nitrogen and oxygen atoms in total. The van der Waals surface area contributed by atoms with Crippen LogP contribution in [-0.4, -0.2) is 59.3 Å². The molecule has 1 amide bonds. The Bertz CT molecular complexity index is 1140. The van der Waals surface area contributed by atoms with E-state index in [1.165, 1.54) is 0 Å². The highest BCUT2D eigenvalue weighted by molar-refractivity contribution is 6.12. The van der Waals surface area contributed by atoms with Gasteiger partial charge in [0.05, 0.1) is 35.4 Å². The van der Waals surface area contributed by atoms with E-state index in [1.54, 1.807) is 18.1 Å². The van der Waals surface area contributed by atoms with Crippen LogP contribution in [0.3, 0.4) is 0 Å². The first kappa shape index (κ1) is 20.2. The van der Waals surface area contributed by atoms with Crippen molar-refractivity contribution in [2.24, 2.45) is 0 Å². The van der Waals surface area contributed by atoms with Gasteiger partial charge in [-0.2, -0.15) is 4.98 Å². The molecule has 1 aromatic carbocycles. The van der Waals surface area contributed by atoms with Crippen molar-refractivity contribution in [2.75, 3.05) is 47.2 Å². The number of aromatic nitrogens is 3. The third-order valence-electron chi connectivity index (χ3n) is 6.05. The number of para-hydroxylation sites is 1. The van der Waals surface area contributed by atoms with Crippen LogP contribution in [-0.2, 0) is 0 Å². The molecule has 3 aromatic rings. The Morgan fingerprint density at radius 3 is 2.50 bits per heavy atom. The average molecular weight is 432 g/mol. The number of rotatable bonds is 3. The van der Waals surface area contributed by atoms with Gasteiger partial charge in [0.15, 0.2) is 5.82 Å². The summed E-state index contributed by atoms with van der Waals surface area (Å²) in [6.07, 6.45) is 4.86. The molecule has 0 saturated carbocycles. The van der Waals surface area contributed by atoms with E-state index in [9.17, 15) is 9.90 Å². The molecule has 4 heterocycles. The average Bonchev–Trinajstić information content (AvgIpc) is 2.90. The molecule has 0 unspecified atom stereocenters. The minimum Gasteiger partial charge on any atom is -0.393 e. The van der Waals surface area contributed by atoms with Crippen LogP contribution < -0.4 is 20.0 Å². The number of anilines is 6. The quantitative estimate of drug-likeness (QED) is 0.653. The Balaban J connectivity index is 1.38. The summed E-state index contributed by atoms with van der Waals surface area (Å²) in [7, 11) is 3.62. The highest BCUT2D eigenvalue weighted by Crippen LogP contribution is 2.38. The fourth-order valence-corrected chi connectivity index (χ4v) is 4.15. The molecular weight excluding hydrogens is 406 g/mol. The second-order valence-corrected chi connectivity index (χ2v) is 8.09. The van der Waals surface area contributed by atoms with Gasteiger partial charge in [0, 0.05) is 27.2 Å². The summed E-state index contributed by atoms with van der Waals surface area (Å²) in [5, 5.41) is 12.8. The maximum absolute atomic E-state index is 13.0. The lowest BCUT2D eigenvalue weighted by Crippen LogP contribution is -2.35. The molecule has 164 valence electrons. The van der Waals surface area contributed by atoms with Gasteiger partial charge in [0.1, 0.15) is 11.5 Å². The first-order valence-corrected chi connectivity index (χ1v) is 10.6. The predicted molar refractivity (Wildman–Crippen MR) is 124 cm³/mol. The molecule has 1 fully saturated rings. The molecule has 0 aliphatic carbocycles. The van der Waals surface area contributed by atoms with Gasteiger partial charge in [-0.3, -0.25) is 9.69 Å². The van der Waals surface area contributed by atoms with E-state index in [0.29, 0.717) is 23.1 Å². The number of benzene rings is 1. The summed E-state index contributed by atoms with van der Waals surface area (Å²) in [4.78, 5) is 32.3. The lowest BCUT2D eigenvalue weighted by atomic mass is 10.1. The van der Waals surface area contributed by atoms with Gasteiger partial charge in [0.2, 0.25) is 5.95 Å². The van der Waals surface area contributed by atoms with Gasteiger partial charge in [-0.25, -0.2) is 9.97 Å². The lowest BCUT2D eigenvalue weighted by molar-refractivity contribution is 0.0993. The number of hydrogen-bond donors (Lipinski definition) is 2. The summed E-state index contributed by atoms with van der Waals surface area (Å²) < 4.78 is 0. The van der Waals surface area contributed by atoms with E-state index in [0.717, 1.165) is 43.0 Å². The van der Waals surface area contributed by atoms with Crippen LogP contribution in [0, 0.1) is 0 Å². The molecule has 2 aliphatic heterocycles. The monoisotopic (exact) mass is 431 g/mol. The van der Waals surface area contributed by atoms with Crippen LogP contribution in [0.4, 0.5) is 34.6 Å². The van der Waals surface area contributed by atoms with Crippen LogP contribution >= 0.6 is 0 Å². The second-order valence-electron chi connectivity index (χ2n) is 8.09. The summed E-state index contributed by atoms with van der Waals surface area (Å²) >= 11 is 0. The zero-order valence-electron chi connectivity index (χ0n) is 18.1. The number of piperidine rings is 1. The van der Waals surface area contributed by atoms with Crippen molar-refractivity contribution in [2.45, 2.75) is 18.9 Å². The summed E-state index contributed by atoms with van der Waals surface area (Å²) in [6, 6.07) is 11.4. The van der Waals surface area contributed by atoms with E-state index < -0.39 is 0 Å². The van der Waals surface area contributed by atoms with Crippen LogP contribution in [0.25, 0.3) is 0 Å². The minimum atomic E-state index is -0.206. The Labute approximate surface area is 186 Å². The van der Waals surface area contributed by atoms with Gasteiger partial charge in [-0.15, -0.1) is 0 Å². The van der Waals surface area contributed by atoms with Crippen LogP contribution in [0.5, 0.6) is 0 Å². The third-order valence-corrected chi connectivity index (χ3v) is 6.05. The first-order chi connectivity index (χ1) is 15.5. The number of aliphatic hydroxyl groups is 1. The van der Waals surface area contributed by atoms with Gasteiger partial charge in [-0.1, -0.05) is 12.1 Å². The Morgan fingerprint density at radius 1 is 0.969 bits per heavy atom. The molecule has 2 aromatic heterocycles. The Kier molecular flexibility index (Phi) is 5.10. The van der Waals surface area contributed by atoms with Gasteiger partial charge in [-0.05, 0) is 37.1 Å². The topological polar surface area (TPSA) is 97.7 Å². The maximum atomic E-state index is 13.0. The van der Waals surface area contributed by atoms with E-state index >= 15 is 0 Å². The van der Waals surface area contributed by atoms with Gasteiger partial charge in [0.25, 0.3) is 5.91 Å². The fourth-order valence-electron chi connectivity index (χ4n) is 4.15. The molecule has 1 saturated heterocycles.